The first kappa shape index (κ1) is 17.8. The Bertz CT molecular complexity index is 164. The summed E-state index contributed by atoms with van der Waals surface area (Å²) < 4.78 is 0. The van der Waals surface area contributed by atoms with Gasteiger partial charge in [-0.25, -0.2) is 0 Å². The summed E-state index contributed by atoms with van der Waals surface area (Å²) in [4.78, 5) is 9.20. The predicted molar refractivity (Wildman–Crippen MR) is 80.8 cm³/mol. The maximum atomic E-state index is 2.30. The molecule has 4 heteroatoms. The van der Waals surface area contributed by atoms with Crippen LogP contribution in [-0.2, 0) is 0 Å². The van der Waals surface area contributed by atoms with Crippen molar-refractivity contribution in [1.82, 2.24) is 19.6 Å². The molecule has 110 valence electrons. The molecule has 0 heterocycles. The first-order valence-electron chi connectivity index (χ1n) is 6.93. The highest BCUT2D eigenvalue weighted by Crippen LogP contribution is 2.13. The van der Waals surface area contributed by atoms with Crippen LogP contribution < -0.4 is 0 Å². The fourth-order valence-corrected chi connectivity index (χ4v) is 2.61. The maximum absolute atomic E-state index is 2.30. The highest BCUT2D eigenvalue weighted by atomic mass is 15.3. The van der Waals surface area contributed by atoms with E-state index in [-0.39, 0.29) is 0 Å². The Morgan fingerprint density at radius 1 is 0.500 bits per heavy atom. The monoisotopic (exact) mass is 258 g/mol. The van der Waals surface area contributed by atoms with E-state index < -0.39 is 0 Å². The van der Waals surface area contributed by atoms with E-state index in [0.717, 1.165) is 0 Å². The van der Waals surface area contributed by atoms with Crippen molar-refractivity contribution >= 4 is 0 Å². The van der Waals surface area contributed by atoms with Gasteiger partial charge in [0, 0.05) is 0 Å². The molecule has 0 aromatic rings. The molecule has 0 aliphatic carbocycles. The molecule has 18 heavy (non-hydrogen) atoms. The Balaban J connectivity index is 3.96. The molecule has 4 nitrogen and oxygen atoms in total. The lowest BCUT2D eigenvalue weighted by atomic mass is 10.1. The second-order valence-corrected chi connectivity index (χ2v) is 6.10. The molecule has 0 radical (unpaired) electrons. The third-order valence-corrected chi connectivity index (χ3v) is 3.56. The maximum Gasteiger partial charge on any atom is 0.0612 e. The zero-order valence-electron chi connectivity index (χ0n) is 13.8. The molecule has 0 saturated carbocycles. The molecule has 0 atom stereocenters. The third kappa shape index (κ3) is 6.69. The zero-order valence-corrected chi connectivity index (χ0v) is 13.8. The summed E-state index contributed by atoms with van der Waals surface area (Å²) in [6.07, 6.45) is 6.18. The summed E-state index contributed by atoms with van der Waals surface area (Å²) in [5, 5.41) is 0. The predicted octanol–water partition coefficient (Wildman–Crippen LogP) is 1.45. The van der Waals surface area contributed by atoms with Crippen LogP contribution in [0.1, 0.15) is 25.7 Å². The molecule has 0 N–H and O–H groups in total. The normalized spacial score (nSPS) is 13.0. The van der Waals surface area contributed by atoms with Crippen LogP contribution in [0.4, 0.5) is 0 Å². The molecule has 0 aliphatic heterocycles. The summed E-state index contributed by atoms with van der Waals surface area (Å²) in [6.45, 7) is 0. The summed E-state index contributed by atoms with van der Waals surface area (Å²) in [5.41, 5.74) is 0. The molecule has 0 spiro atoms. The van der Waals surface area contributed by atoms with Crippen molar-refractivity contribution in [3.8, 4) is 0 Å². The van der Waals surface area contributed by atoms with Crippen LogP contribution >= 0.6 is 0 Å². The van der Waals surface area contributed by atoms with Gasteiger partial charge in [0.15, 0.2) is 0 Å². The van der Waals surface area contributed by atoms with E-state index in [1.165, 1.54) is 25.7 Å². The fourth-order valence-electron chi connectivity index (χ4n) is 2.61. The van der Waals surface area contributed by atoms with E-state index in [0.29, 0.717) is 12.3 Å². The van der Waals surface area contributed by atoms with Gasteiger partial charge in [-0.3, -0.25) is 19.6 Å². The van der Waals surface area contributed by atoms with Gasteiger partial charge in [-0.2, -0.15) is 0 Å². The third-order valence-electron chi connectivity index (χ3n) is 3.56. The molecule has 0 bridgehead atoms. The van der Waals surface area contributed by atoms with Gasteiger partial charge in [-0.15, -0.1) is 0 Å². The number of nitrogens with zero attached hydrogens (tertiary/aromatic N) is 4. The summed E-state index contributed by atoms with van der Waals surface area (Å²) in [6, 6.07) is 0. The largest absolute Gasteiger partial charge is 0.294 e. The van der Waals surface area contributed by atoms with Crippen LogP contribution in [0.25, 0.3) is 0 Å². The molecule has 0 fully saturated rings. The Morgan fingerprint density at radius 3 is 0.889 bits per heavy atom. The van der Waals surface area contributed by atoms with E-state index in [2.05, 4.69) is 76.0 Å². The fraction of sp³-hybridized carbons (Fsp3) is 1.00. The van der Waals surface area contributed by atoms with Crippen molar-refractivity contribution in [2.75, 3.05) is 56.4 Å². The molecule has 0 aliphatic rings. The minimum atomic E-state index is 0.558. The van der Waals surface area contributed by atoms with Gasteiger partial charge in [0.05, 0.1) is 12.3 Å². The van der Waals surface area contributed by atoms with Crippen LogP contribution in [0.3, 0.4) is 0 Å². The van der Waals surface area contributed by atoms with E-state index in [4.69, 9.17) is 0 Å². The molecule has 0 rings (SSSR count). The van der Waals surface area contributed by atoms with Gasteiger partial charge >= 0.3 is 0 Å². The number of unbranched alkanes of at least 4 members (excludes halogenated alkanes) is 1. The van der Waals surface area contributed by atoms with Gasteiger partial charge in [0.1, 0.15) is 0 Å². The quantitative estimate of drug-likeness (QED) is 0.458. The van der Waals surface area contributed by atoms with E-state index >= 15 is 0 Å². The second-order valence-electron chi connectivity index (χ2n) is 6.10. The highest BCUT2D eigenvalue weighted by molar-refractivity contribution is 4.66. The van der Waals surface area contributed by atoms with Crippen molar-refractivity contribution in [3.63, 3.8) is 0 Å². The zero-order chi connectivity index (χ0) is 14.3. The Labute approximate surface area is 115 Å². The van der Waals surface area contributed by atoms with Crippen molar-refractivity contribution in [2.24, 2.45) is 0 Å². The lowest BCUT2D eigenvalue weighted by Gasteiger charge is -2.32. The van der Waals surface area contributed by atoms with Gasteiger partial charge in [0.2, 0.25) is 0 Å². The van der Waals surface area contributed by atoms with Gasteiger partial charge < -0.3 is 0 Å². The van der Waals surface area contributed by atoms with E-state index in [1.807, 2.05) is 0 Å². The standard InChI is InChI=1S/C14H34N4/c1-15(2)13(16(3)4)11-9-10-12-14(17(5)6)18(7)8/h13-14H,9-12H2,1-8H3. The highest BCUT2D eigenvalue weighted by Gasteiger charge is 2.15. The van der Waals surface area contributed by atoms with Crippen molar-refractivity contribution in [2.45, 2.75) is 38.0 Å². The molecular formula is C14H34N4. The molecular weight excluding hydrogens is 224 g/mol. The average molecular weight is 258 g/mol. The molecule has 0 saturated heterocycles. The van der Waals surface area contributed by atoms with E-state index in [9.17, 15) is 0 Å². The van der Waals surface area contributed by atoms with Crippen LogP contribution in [-0.4, -0.2) is 88.3 Å². The van der Waals surface area contributed by atoms with Crippen LogP contribution in [0.5, 0.6) is 0 Å². The topological polar surface area (TPSA) is 13.0 Å². The van der Waals surface area contributed by atoms with Crippen LogP contribution in [0, 0.1) is 0 Å². The molecule has 0 amide bonds. The molecule has 0 aromatic heterocycles. The number of hydrogen-bond donors (Lipinski definition) is 0. The Hall–Kier alpha value is -0.160. The van der Waals surface area contributed by atoms with Crippen LogP contribution in [0.15, 0.2) is 0 Å². The number of hydrogen-bond acceptors (Lipinski definition) is 4. The van der Waals surface area contributed by atoms with E-state index in [1.54, 1.807) is 0 Å². The summed E-state index contributed by atoms with van der Waals surface area (Å²) >= 11 is 0. The van der Waals surface area contributed by atoms with Crippen molar-refractivity contribution in [3.05, 3.63) is 0 Å². The summed E-state index contributed by atoms with van der Waals surface area (Å²) in [5.74, 6) is 0. The Kier molecular flexibility index (Phi) is 8.78. The SMILES string of the molecule is CN(C)C(CCCCC(N(C)C)N(C)C)N(C)C. The van der Waals surface area contributed by atoms with Gasteiger partial charge in [-0.1, -0.05) is 12.8 Å². The van der Waals surface area contributed by atoms with Crippen LogP contribution in [0.2, 0.25) is 0 Å². The second kappa shape index (κ2) is 8.86. The number of rotatable bonds is 9. The molecule has 0 aromatic carbocycles. The molecule has 0 unspecified atom stereocenters. The van der Waals surface area contributed by atoms with Gasteiger partial charge in [0.25, 0.3) is 0 Å². The van der Waals surface area contributed by atoms with Crippen molar-refractivity contribution < 1.29 is 0 Å². The van der Waals surface area contributed by atoms with Gasteiger partial charge in [-0.05, 0) is 69.2 Å². The minimum Gasteiger partial charge on any atom is -0.294 e. The first-order valence-corrected chi connectivity index (χ1v) is 6.93. The lowest BCUT2D eigenvalue weighted by Crippen LogP contribution is -2.41. The smallest absolute Gasteiger partial charge is 0.0612 e. The van der Waals surface area contributed by atoms with Crippen molar-refractivity contribution in [1.29, 1.82) is 0 Å². The average Bonchev–Trinajstić information content (AvgIpc) is 2.20. The Morgan fingerprint density at radius 2 is 0.722 bits per heavy atom. The first-order chi connectivity index (χ1) is 8.27. The summed E-state index contributed by atoms with van der Waals surface area (Å²) in [7, 11) is 17.3. The minimum absolute atomic E-state index is 0.558. The lowest BCUT2D eigenvalue weighted by molar-refractivity contribution is 0.103.